The number of carbonyl (C=O) groups excluding carboxylic acids is 1. The van der Waals surface area contributed by atoms with Crippen LogP contribution in [0.15, 0.2) is 34.5 Å². The van der Waals surface area contributed by atoms with Gasteiger partial charge in [0, 0.05) is 30.6 Å². The number of benzene rings is 1. The molecule has 0 bridgehead atoms. The fourth-order valence-corrected chi connectivity index (χ4v) is 4.76. The first-order chi connectivity index (χ1) is 14.2. The Labute approximate surface area is 181 Å². The Morgan fingerprint density at radius 3 is 2.50 bits per heavy atom. The average molecular weight is 453 g/mol. The van der Waals surface area contributed by atoms with Gasteiger partial charge in [-0.15, -0.1) is 11.3 Å². The fourth-order valence-electron chi connectivity index (χ4n) is 3.16. The number of nitrogens with zero attached hydrogens (tertiary/aromatic N) is 2. The molecule has 0 saturated carbocycles. The number of thiazole rings is 1. The standard InChI is InChI=1S/C21H28N2O5S2/c1-15(2)12-28-21(24)23-10-8-16(9-11-23)20-22-17(14-29-20)13-27-18-4-6-19(7-5-18)30(3,25)26/h4-7,14-16H,8-13H2,1-3H3. The molecule has 2 aromatic rings. The Hall–Kier alpha value is -2.13. The Kier molecular flexibility index (Phi) is 7.36. The number of piperidine rings is 1. The molecule has 1 aliphatic rings. The summed E-state index contributed by atoms with van der Waals surface area (Å²) in [6.07, 6.45) is 2.70. The molecule has 30 heavy (non-hydrogen) atoms. The van der Waals surface area contributed by atoms with Crippen molar-refractivity contribution < 1.29 is 22.7 Å². The maximum atomic E-state index is 12.1. The monoisotopic (exact) mass is 452 g/mol. The van der Waals surface area contributed by atoms with Crippen molar-refractivity contribution in [3.63, 3.8) is 0 Å². The quantitative estimate of drug-likeness (QED) is 0.629. The molecule has 7 nitrogen and oxygen atoms in total. The van der Waals surface area contributed by atoms with Gasteiger partial charge in [-0.2, -0.15) is 0 Å². The molecular formula is C21H28N2O5S2. The van der Waals surface area contributed by atoms with Crippen LogP contribution in [0.1, 0.15) is 43.3 Å². The van der Waals surface area contributed by atoms with E-state index in [1.54, 1.807) is 28.4 Å². The normalized spacial score (nSPS) is 15.4. The minimum Gasteiger partial charge on any atom is -0.487 e. The molecule has 1 saturated heterocycles. The van der Waals surface area contributed by atoms with E-state index in [1.165, 1.54) is 18.4 Å². The molecule has 1 aromatic heterocycles. The van der Waals surface area contributed by atoms with Crippen molar-refractivity contribution in [3.8, 4) is 5.75 Å². The highest BCUT2D eigenvalue weighted by atomic mass is 32.2. The van der Waals surface area contributed by atoms with Crippen molar-refractivity contribution >= 4 is 27.3 Å². The molecule has 0 aliphatic carbocycles. The van der Waals surface area contributed by atoms with Gasteiger partial charge in [-0.25, -0.2) is 18.2 Å². The summed E-state index contributed by atoms with van der Waals surface area (Å²) in [5.74, 6) is 1.28. The number of hydrogen-bond donors (Lipinski definition) is 0. The molecule has 0 unspecified atom stereocenters. The Morgan fingerprint density at radius 2 is 1.90 bits per heavy atom. The van der Waals surface area contributed by atoms with Crippen LogP contribution in [0.4, 0.5) is 4.79 Å². The molecule has 0 radical (unpaired) electrons. The topological polar surface area (TPSA) is 85.8 Å². The molecule has 0 spiro atoms. The third-order valence-electron chi connectivity index (χ3n) is 4.85. The highest BCUT2D eigenvalue weighted by Crippen LogP contribution is 2.31. The van der Waals surface area contributed by atoms with Crippen LogP contribution in [0.5, 0.6) is 5.75 Å². The van der Waals surface area contributed by atoms with Crippen molar-refractivity contribution in [2.45, 2.75) is 44.1 Å². The number of sulfone groups is 1. The number of likely N-dealkylation sites (tertiary alicyclic amines) is 1. The number of ether oxygens (including phenoxy) is 2. The second kappa shape index (κ2) is 9.78. The van der Waals surface area contributed by atoms with E-state index in [1.807, 2.05) is 19.2 Å². The van der Waals surface area contributed by atoms with Gasteiger partial charge in [0.05, 0.1) is 22.2 Å². The van der Waals surface area contributed by atoms with Crippen LogP contribution >= 0.6 is 11.3 Å². The first kappa shape index (κ1) is 22.6. The molecule has 1 aromatic carbocycles. The SMILES string of the molecule is CC(C)COC(=O)N1CCC(c2nc(COc3ccc(S(C)(=O)=O)cc3)cs2)CC1. The molecule has 2 heterocycles. The predicted octanol–water partition coefficient (Wildman–Crippen LogP) is 4.10. The Morgan fingerprint density at radius 1 is 1.23 bits per heavy atom. The molecule has 1 amide bonds. The minimum atomic E-state index is -3.21. The second-order valence-corrected chi connectivity index (χ2v) is 10.8. The largest absolute Gasteiger partial charge is 0.487 e. The van der Waals surface area contributed by atoms with Gasteiger partial charge in [0.25, 0.3) is 0 Å². The van der Waals surface area contributed by atoms with Crippen molar-refractivity contribution in [1.29, 1.82) is 0 Å². The van der Waals surface area contributed by atoms with E-state index in [4.69, 9.17) is 14.5 Å². The van der Waals surface area contributed by atoms with Gasteiger partial charge >= 0.3 is 6.09 Å². The maximum Gasteiger partial charge on any atom is 0.409 e. The lowest BCUT2D eigenvalue weighted by Gasteiger charge is -2.30. The van der Waals surface area contributed by atoms with Crippen molar-refractivity contribution in [2.75, 3.05) is 26.0 Å². The van der Waals surface area contributed by atoms with Crippen LogP contribution in [0, 0.1) is 5.92 Å². The summed E-state index contributed by atoms with van der Waals surface area (Å²) >= 11 is 1.62. The van der Waals surface area contributed by atoms with E-state index < -0.39 is 9.84 Å². The van der Waals surface area contributed by atoms with Crippen molar-refractivity contribution in [3.05, 3.63) is 40.3 Å². The number of amides is 1. The summed E-state index contributed by atoms with van der Waals surface area (Å²) in [6, 6.07) is 6.38. The summed E-state index contributed by atoms with van der Waals surface area (Å²) in [5.41, 5.74) is 0.848. The summed E-state index contributed by atoms with van der Waals surface area (Å²) in [6.45, 7) is 6.18. The second-order valence-electron chi connectivity index (χ2n) is 7.94. The molecule has 1 fully saturated rings. The fraction of sp³-hybridized carbons (Fsp3) is 0.524. The van der Waals surface area contributed by atoms with Crippen LogP contribution in [-0.4, -0.2) is 50.3 Å². The van der Waals surface area contributed by atoms with Crippen LogP contribution in [0.2, 0.25) is 0 Å². The van der Waals surface area contributed by atoms with Gasteiger partial charge < -0.3 is 14.4 Å². The summed E-state index contributed by atoms with van der Waals surface area (Å²) in [7, 11) is -3.21. The summed E-state index contributed by atoms with van der Waals surface area (Å²) < 4.78 is 34.1. The minimum absolute atomic E-state index is 0.225. The summed E-state index contributed by atoms with van der Waals surface area (Å²) in [4.78, 5) is 18.8. The number of aromatic nitrogens is 1. The third kappa shape index (κ3) is 6.18. The first-order valence-electron chi connectivity index (χ1n) is 10.0. The Balaban J connectivity index is 1.48. The smallest absolute Gasteiger partial charge is 0.409 e. The van der Waals surface area contributed by atoms with Gasteiger partial charge in [0.1, 0.15) is 12.4 Å². The number of carbonyl (C=O) groups is 1. The summed E-state index contributed by atoms with van der Waals surface area (Å²) in [5, 5.41) is 3.06. The van der Waals surface area contributed by atoms with Crippen LogP contribution in [0.3, 0.4) is 0 Å². The highest BCUT2D eigenvalue weighted by Gasteiger charge is 2.26. The van der Waals surface area contributed by atoms with Crippen LogP contribution in [-0.2, 0) is 21.2 Å². The maximum absolute atomic E-state index is 12.1. The zero-order valence-electron chi connectivity index (χ0n) is 17.5. The zero-order valence-corrected chi connectivity index (χ0v) is 19.2. The third-order valence-corrected chi connectivity index (χ3v) is 7.04. The van der Waals surface area contributed by atoms with Gasteiger partial charge in [-0.3, -0.25) is 0 Å². The number of rotatable bonds is 7. The van der Waals surface area contributed by atoms with E-state index >= 15 is 0 Å². The zero-order chi connectivity index (χ0) is 21.7. The van der Waals surface area contributed by atoms with Crippen LogP contribution < -0.4 is 4.74 Å². The van der Waals surface area contributed by atoms with Crippen molar-refractivity contribution in [1.82, 2.24) is 9.88 Å². The molecule has 9 heteroatoms. The van der Waals surface area contributed by atoms with Gasteiger partial charge in [0.15, 0.2) is 9.84 Å². The molecule has 164 valence electrons. The van der Waals surface area contributed by atoms with Gasteiger partial charge in [0.2, 0.25) is 0 Å². The lowest BCUT2D eigenvalue weighted by atomic mass is 9.98. The lowest BCUT2D eigenvalue weighted by Crippen LogP contribution is -2.38. The predicted molar refractivity (Wildman–Crippen MR) is 116 cm³/mol. The van der Waals surface area contributed by atoms with E-state index in [2.05, 4.69) is 0 Å². The number of hydrogen-bond acceptors (Lipinski definition) is 7. The molecule has 0 N–H and O–H groups in total. The van der Waals surface area contributed by atoms with E-state index in [0.29, 0.717) is 43.9 Å². The molecule has 1 aliphatic heterocycles. The average Bonchev–Trinajstić information content (AvgIpc) is 3.19. The van der Waals surface area contributed by atoms with Crippen molar-refractivity contribution in [2.24, 2.45) is 5.92 Å². The van der Waals surface area contributed by atoms with Gasteiger partial charge in [-0.1, -0.05) is 13.8 Å². The molecule has 3 rings (SSSR count). The molecule has 0 atom stereocenters. The van der Waals surface area contributed by atoms with E-state index in [0.717, 1.165) is 23.5 Å². The first-order valence-corrected chi connectivity index (χ1v) is 12.8. The molecular weight excluding hydrogens is 424 g/mol. The van der Waals surface area contributed by atoms with Gasteiger partial charge in [-0.05, 0) is 43.0 Å². The van der Waals surface area contributed by atoms with E-state index in [-0.39, 0.29) is 11.0 Å². The Bertz CT molecular complexity index is 946. The van der Waals surface area contributed by atoms with Crippen LogP contribution in [0.25, 0.3) is 0 Å². The van der Waals surface area contributed by atoms with E-state index in [9.17, 15) is 13.2 Å². The lowest BCUT2D eigenvalue weighted by molar-refractivity contribution is 0.0834. The highest BCUT2D eigenvalue weighted by molar-refractivity contribution is 7.90.